The maximum Gasteiger partial charge on any atom is 0.289 e. The summed E-state index contributed by atoms with van der Waals surface area (Å²) < 4.78 is 17.4. The van der Waals surface area contributed by atoms with Crippen LogP contribution in [-0.2, 0) is 6.61 Å². The summed E-state index contributed by atoms with van der Waals surface area (Å²) in [6.45, 7) is 5.08. The molecule has 0 atom stereocenters. The minimum absolute atomic E-state index is 0.0788. The number of aryl methyl sites for hydroxylation is 1. The van der Waals surface area contributed by atoms with Crippen LogP contribution in [0.25, 0.3) is 10.1 Å². The van der Waals surface area contributed by atoms with Gasteiger partial charge in [0.25, 0.3) is 5.91 Å². The van der Waals surface area contributed by atoms with Gasteiger partial charge in [0.2, 0.25) is 0 Å². The molecule has 0 radical (unpaired) electrons. The third-order valence-corrected chi connectivity index (χ3v) is 6.38. The number of hydrogen-bond donors (Lipinski definition) is 0. The lowest BCUT2D eigenvalue weighted by Crippen LogP contribution is -2.48. The molecule has 5 rings (SSSR count). The molecule has 1 aliphatic heterocycles. The number of benzene rings is 2. The molecule has 6 nitrogen and oxygen atoms in total. The van der Waals surface area contributed by atoms with Crippen LogP contribution >= 0.6 is 11.5 Å². The number of amides is 1. The largest absolute Gasteiger partial charge is 0.485 e. The summed E-state index contributed by atoms with van der Waals surface area (Å²) in [7, 11) is 0. The highest BCUT2D eigenvalue weighted by Crippen LogP contribution is 2.30. The predicted octanol–water partition coefficient (Wildman–Crippen LogP) is 4.74. The molecular formula is C24H23N3O3S. The van der Waals surface area contributed by atoms with Crippen molar-refractivity contribution in [1.82, 2.24) is 9.27 Å². The number of nitrogens with zero attached hydrogens (tertiary/aromatic N) is 3. The van der Waals surface area contributed by atoms with E-state index in [1.165, 1.54) is 21.6 Å². The lowest BCUT2D eigenvalue weighted by atomic mass is 10.2. The standard InChI is InChI=1S/C24H23N3O3S/c1-17-6-2-4-8-20(17)29-16-18-10-11-21(30-18)24(28)27-14-12-26(13-15-27)23-19-7-3-5-9-22(19)31-25-23/h2-11H,12-16H2,1H3. The molecule has 1 amide bonds. The first-order valence-electron chi connectivity index (χ1n) is 10.3. The monoisotopic (exact) mass is 433 g/mol. The van der Waals surface area contributed by atoms with Gasteiger partial charge in [-0.1, -0.05) is 30.3 Å². The number of ether oxygens (including phenoxy) is 1. The van der Waals surface area contributed by atoms with E-state index in [1.807, 2.05) is 54.3 Å². The molecule has 0 aliphatic carbocycles. The van der Waals surface area contributed by atoms with Gasteiger partial charge in [-0.25, -0.2) is 0 Å². The molecule has 0 bridgehead atoms. The number of furan rings is 1. The van der Waals surface area contributed by atoms with Crippen LogP contribution < -0.4 is 9.64 Å². The zero-order valence-electron chi connectivity index (χ0n) is 17.3. The van der Waals surface area contributed by atoms with E-state index in [-0.39, 0.29) is 5.91 Å². The molecular weight excluding hydrogens is 410 g/mol. The van der Waals surface area contributed by atoms with E-state index in [0.717, 1.165) is 30.2 Å². The second-order valence-electron chi connectivity index (χ2n) is 7.60. The summed E-state index contributed by atoms with van der Waals surface area (Å²) in [6, 6.07) is 19.7. The average molecular weight is 434 g/mol. The van der Waals surface area contributed by atoms with Gasteiger partial charge in [-0.15, -0.1) is 0 Å². The second-order valence-corrected chi connectivity index (χ2v) is 8.41. The Bertz CT molecular complexity index is 1210. The SMILES string of the molecule is Cc1ccccc1OCc1ccc(C(=O)N2CCN(c3nsc4ccccc34)CC2)o1. The minimum atomic E-state index is -0.0788. The van der Waals surface area contributed by atoms with Gasteiger partial charge >= 0.3 is 0 Å². The molecule has 0 N–H and O–H groups in total. The van der Waals surface area contributed by atoms with Gasteiger partial charge in [0.15, 0.2) is 5.76 Å². The van der Waals surface area contributed by atoms with E-state index >= 15 is 0 Å². The highest BCUT2D eigenvalue weighted by atomic mass is 32.1. The first kappa shape index (κ1) is 19.6. The van der Waals surface area contributed by atoms with Gasteiger partial charge < -0.3 is 19.0 Å². The Labute approximate surface area is 184 Å². The average Bonchev–Trinajstić information content (AvgIpc) is 3.46. The topological polar surface area (TPSA) is 58.8 Å². The van der Waals surface area contributed by atoms with Crippen molar-refractivity contribution in [2.24, 2.45) is 0 Å². The molecule has 3 heterocycles. The molecule has 0 spiro atoms. The van der Waals surface area contributed by atoms with Crippen molar-refractivity contribution in [2.75, 3.05) is 31.1 Å². The fourth-order valence-corrected chi connectivity index (χ4v) is 4.61. The molecule has 7 heteroatoms. The van der Waals surface area contributed by atoms with Crippen molar-refractivity contribution in [3.8, 4) is 5.75 Å². The lowest BCUT2D eigenvalue weighted by molar-refractivity contribution is 0.0710. The van der Waals surface area contributed by atoms with Crippen LogP contribution in [0.1, 0.15) is 21.9 Å². The van der Waals surface area contributed by atoms with E-state index in [1.54, 1.807) is 6.07 Å². The third-order valence-electron chi connectivity index (χ3n) is 5.56. The van der Waals surface area contributed by atoms with Crippen molar-refractivity contribution in [3.63, 3.8) is 0 Å². The first-order valence-corrected chi connectivity index (χ1v) is 11.1. The Morgan fingerprint density at radius 2 is 1.81 bits per heavy atom. The Hall–Kier alpha value is -3.32. The molecule has 158 valence electrons. The highest BCUT2D eigenvalue weighted by Gasteiger charge is 2.26. The smallest absolute Gasteiger partial charge is 0.289 e. The molecule has 0 saturated carbocycles. The normalized spacial score (nSPS) is 14.2. The van der Waals surface area contributed by atoms with Crippen LogP contribution in [0.3, 0.4) is 0 Å². The summed E-state index contributed by atoms with van der Waals surface area (Å²) in [5.41, 5.74) is 1.07. The van der Waals surface area contributed by atoms with Crippen molar-refractivity contribution in [1.29, 1.82) is 0 Å². The molecule has 4 aromatic rings. The second kappa shape index (κ2) is 8.43. The predicted molar refractivity (Wildman–Crippen MR) is 122 cm³/mol. The molecule has 2 aromatic carbocycles. The minimum Gasteiger partial charge on any atom is -0.485 e. The highest BCUT2D eigenvalue weighted by molar-refractivity contribution is 7.13. The van der Waals surface area contributed by atoms with Gasteiger partial charge in [-0.3, -0.25) is 4.79 Å². The fourth-order valence-electron chi connectivity index (χ4n) is 3.82. The molecule has 2 aromatic heterocycles. The Morgan fingerprint density at radius 1 is 1.03 bits per heavy atom. The first-order chi connectivity index (χ1) is 15.2. The van der Waals surface area contributed by atoms with E-state index in [4.69, 9.17) is 9.15 Å². The molecule has 1 fully saturated rings. The van der Waals surface area contributed by atoms with Gasteiger partial charge in [-0.2, -0.15) is 4.37 Å². The quantitative estimate of drug-likeness (QED) is 0.455. The zero-order chi connectivity index (χ0) is 21.2. The van der Waals surface area contributed by atoms with Crippen molar-refractivity contribution in [2.45, 2.75) is 13.5 Å². The number of para-hydroxylation sites is 1. The number of hydrogen-bond acceptors (Lipinski definition) is 6. The maximum absolute atomic E-state index is 12.9. The van der Waals surface area contributed by atoms with Gasteiger partial charge in [0, 0.05) is 31.6 Å². The van der Waals surface area contributed by atoms with Crippen LogP contribution in [0, 0.1) is 6.92 Å². The number of carbonyl (C=O) groups excluding carboxylic acids is 1. The lowest BCUT2D eigenvalue weighted by Gasteiger charge is -2.34. The maximum atomic E-state index is 12.9. The van der Waals surface area contributed by atoms with E-state index in [2.05, 4.69) is 21.4 Å². The summed E-state index contributed by atoms with van der Waals surface area (Å²) in [5.74, 6) is 2.75. The van der Waals surface area contributed by atoms with Gasteiger partial charge in [0.1, 0.15) is 23.9 Å². The van der Waals surface area contributed by atoms with Gasteiger partial charge in [-0.05, 0) is 54.4 Å². The summed E-state index contributed by atoms with van der Waals surface area (Å²) in [4.78, 5) is 17.0. The number of aromatic nitrogens is 1. The van der Waals surface area contributed by atoms with Crippen LogP contribution in [0.15, 0.2) is 65.1 Å². The van der Waals surface area contributed by atoms with Gasteiger partial charge in [0.05, 0.1) is 4.70 Å². The Balaban J connectivity index is 1.19. The number of rotatable bonds is 5. The van der Waals surface area contributed by atoms with E-state index in [9.17, 15) is 4.79 Å². The number of anilines is 1. The van der Waals surface area contributed by atoms with Crippen LogP contribution in [0.2, 0.25) is 0 Å². The van der Waals surface area contributed by atoms with E-state index in [0.29, 0.717) is 31.2 Å². The molecule has 31 heavy (non-hydrogen) atoms. The van der Waals surface area contributed by atoms with Crippen LogP contribution in [0.4, 0.5) is 5.82 Å². The van der Waals surface area contributed by atoms with Crippen molar-refractivity contribution >= 4 is 33.3 Å². The Morgan fingerprint density at radius 3 is 2.65 bits per heavy atom. The van der Waals surface area contributed by atoms with Crippen LogP contribution in [-0.4, -0.2) is 41.4 Å². The summed E-state index contributed by atoms with van der Waals surface area (Å²) >= 11 is 1.52. The number of fused-ring (bicyclic) bond motifs is 1. The summed E-state index contributed by atoms with van der Waals surface area (Å²) in [6.07, 6.45) is 0. The fraction of sp³-hybridized carbons (Fsp3) is 0.250. The van der Waals surface area contributed by atoms with Crippen molar-refractivity contribution < 1.29 is 13.9 Å². The van der Waals surface area contributed by atoms with E-state index < -0.39 is 0 Å². The summed E-state index contributed by atoms with van der Waals surface area (Å²) in [5, 5.41) is 1.18. The number of carbonyl (C=O) groups is 1. The molecule has 0 unspecified atom stereocenters. The zero-order valence-corrected chi connectivity index (χ0v) is 18.1. The molecule has 1 aliphatic rings. The Kier molecular flexibility index (Phi) is 5.34. The van der Waals surface area contributed by atoms with Crippen molar-refractivity contribution in [3.05, 3.63) is 77.7 Å². The number of piperazine rings is 1. The third kappa shape index (κ3) is 4.01. The van der Waals surface area contributed by atoms with Crippen LogP contribution in [0.5, 0.6) is 5.75 Å². The molecule has 1 saturated heterocycles.